The maximum atomic E-state index is 11.3. The molecule has 4 heteroatoms. The van der Waals surface area contributed by atoms with Crippen molar-refractivity contribution in [3.63, 3.8) is 0 Å². The molecule has 1 aliphatic heterocycles. The van der Waals surface area contributed by atoms with E-state index in [-0.39, 0.29) is 17.9 Å². The van der Waals surface area contributed by atoms with Gasteiger partial charge in [0, 0.05) is 6.04 Å². The Balaban J connectivity index is 1.86. The van der Waals surface area contributed by atoms with Crippen LogP contribution in [0.25, 0.3) is 0 Å². The maximum absolute atomic E-state index is 11.3. The van der Waals surface area contributed by atoms with Gasteiger partial charge in [-0.3, -0.25) is 19.8 Å². The molecule has 4 nitrogen and oxygen atoms in total. The lowest BCUT2D eigenvalue weighted by Crippen LogP contribution is -2.54. The van der Waals surface area contributed by atoms with Gasteiger partial charge in [0.05, 0.1) is 13.1 Å². The Labute approximate surface area is 107 Å². The minimum absolute atomic E-state index is 0.196. The average molecular weight is 246 g/mol. The van der Waals surface area contributed by atoms with Crippen molar-refractivity contribution in [1.82, 2.24) is 10.2 Å². The van der Waals surface area contributed by atoms with Gasteiger partial charge in [-0.2, -0.15) is 0 Å². The van der Waals surface area contributed by atoms with Crippen molar-refractivity contribution in [2.24, 2.45) is 0 Å². The molecule has 0 aromatic heterocycles. The summed E-state index contributed by atoms with van der Waals surface area (Å²) in [6.45, 7) is 2.71. The third-order valence-electron chi connectivity index (χ3n) is 3.29. The number of benzene rings is 1. The largest absolute Gasteiger partial charge is 0.294 e. The number of carbonyl (C=O) groups is 2. The topological polar surface area (TPSA) is 49.4 Å². The second-order valence-electron chi connectivity index (χ2n) is 4.75. The van der Waals surface area contributed by atoms with Crippen molar-refractivity contribution >= 4 is 11.8 Å². The summed E-state index contributed by atoms with van der Waals surface area (Å²) >= 11 is 0. The molecule has 2 rings (SSSR count). The van der Waals surface area contributed by atoms with E-state index < -0.39 is 0 Å². The number of amides is 2. The molecule has 1 aromatic carbocycles. The van der Waals surface area contributed by atoms with Gasteiger partial charge in [0.25, 0.3) is 0 Å². The van der Waals surface area contributed by atoms with Crippen molar-refractivity contribution in [2.75, 3.05) is 13.1 Å². The molecule has 0 saturated carbocycles. The van der Waals surface area contributed by atoms with E-state index in [0.717, 1.165) is 12.8 Å². The molecule has 1 saturated heterocycles. The smallest absolute Gasteiger partial charge is 0.240 e. The van der Waals surface area contributed by atoms with Crippen LogP contribution in [0, 0.1) is 0 Å². The fourth-order valence-corrected chi connectivity index (χ4v) is 2.17. The van der Waals surface area contributed by atoms with Crippen molar-refractivity contribution in [3.8, 4) is 0 Å². The van der Waals surface area contributed by atoms with Gasteiger partial charge >= 0.3 is 0 Å². The first-order chi connectivity index (χ1) is 8.65. The number of aryl methyl sites for hydroxylation is 1. The Hall–Kier alpha value is -1.68. The predicted molar refractivity (Wildman–Crippen MR) is 68.9 cm³/mol. The third-order valence-corrected chi connectivity index (χ3v) is 3.29. The van der Waals surface area contributed by atoms with Crippen molar-refractivity contribution in [3.05, 3.63) is 35.9 Å². The summed E-state index contributed by atoms with van der Waals surface area (Å²) < 4.78 is 0. The van der Waals surface area contributed by atoms with Crippen LogP contribution in [0.15, 0.2) is 30.3 Å². The van der Waals surface area contributed by atoms with Crippen LogP contribution in [0.1, 0.15) is 18.9 Å². The maximum Gasteiger partial charge on any atom is 0.240 e. The summed E-state index contributed by atoms with van der Waals surface area (Å²) in [7, 11) is 0. The van der Waals surface area contributed by atoms with E-state index in [0.29, 0.717) is 13.1 Å². The highest BCUT2D eigenvalue weighted by atomic mass is 16.2. The van der Waals surface area contributed by atoms with Gasteiger partial charge in [-0.05, 0) is 25.3 Å². The summed E-state index contributed by atoms with van der Waals surface area (Å²) in [5.41, 5.74) is 1.29. The molecule has 96 valence electrons. The Bertz CT molecular complexity index is 415. The van der Waals surface area contributed by atoms with Crippen LogP contribution in [0.4, 0.5) is 0 Å². The lowest BCUT2D eigenvalue weighted by molar-refractivity contribution is -0.137. The average Bonchev–Trinajstić information content (AvgIpc) is 2.36. The van der Waals surface area contributed by atoms with Crippen LogP contribution in [0.2, 0.25) is 0 Å². The van der Waals surface area contributed by atoms with E-state index in [9.17, 15) is 9.59 Å². The van der Waals surface area contributed by atoms with E-state index in [2.05, 4.69) is 24.4 Å². The first-order valence-corrected chi connectivity index (χ1v) is 6.26. The zero-order valence-electron chi connectivity index (χ0n) is 10.6. The Kier molecular flexibility index (Phi) is 4.10. The van der Waals surface area contributed by atoms with Gasteiger partial charge in [0.1, 0.15) is 0 Å². The van der Waals surface area contributed by atoms with Gasteiger partial charge in [-0.25, -0.2) is 0 Å². The van der Waals surface area contributed by atoms with E-state index in [1.165, 1.54) is 5.56 Å². The molecule has 1 fully saturated rings. The summed E-state index contributed by atoms with van der Waals surface area (Å²) in [6, 6.07) is 10.5. The number of hydrogen-bond acceptors (Lipinski definition) is 3. The zero-order valence-corrected chi connectivity index (χ0v) is 10.6. The number of imide groups is 1. The highest BCUT2D eigenvalue weighted by Gasteiger charge is 2.25. The molecule has 1 aromatic rings. The van der Waals surface area contributed by atoms with Crippen LogP contribution in [0.3, 0.4) is 0 Å². The molecule has 1 atom stereocenters. The molecule has 0 spiro atoms. The molecule has 1 aliphatic rings. The number of nitrogens with one attached hydrogen (secondary N) is 1. The van der Waals surface area contributed by atoms with Crippen molar-refractivity contribution < 1.29 is 9.59 Å². The standard InChI is InChI=1S/C14H18N2O2/c1-11(7-8-12-5-3-2-4-6-12)16-9-13(17)15-14(18)10-16/h2-6,11H,7-10H2,1H3,(H,15,17,18). The molecule has 1 heterocycles. The molecule has 0 radical (unpaired) electrons. The quantitative estimate of drug-likeness (QED) is 0.805. The Morgan fingerprint density at radius 3 is 2.39 bits per heavy atom. The Morgan fingerprint density at radius 1 is 1.17 bits per heavy atom. The van der Waals surface area contributed by atoms with Gasteiger partial charge in [-0.15, -0.1) is 0 Å². The normalized spacial score (nSPS) is 18.5. The molecule has 1 unspecified atom stereocenters. The number of hydrogen-bond donors (Lipinski definition) is 1. The molecule has 0 aliphatic carbocycles. The summed E-state index contributed by atoms with van der Waals surface area (Å²) in [5, 5.41) is 2.32. The fraction of sp³-hybridized carbons (Fsp3) is 0.429. The van der Waals surface area contributed by atoms with Crippen LogP contribution in [-0.4, -0.2) is 35.8 Å². The van der Waals surface area contributed by atoms with E-state index >= 15 is 0 Å². The van der Waals surface area contributed by atoms with Crippen LogP contribution < -0.4 is 5.32 Å². The van der Waals surface area contributed by atoms with Crippen molar-refractivity contribution in [1.29, 1.82) is 0 Å². The highest BCUT2D eigenvalue weighted by molar-refractivity contribution is 5.99. The minimum Gasteiger partial charge on any atom is -0.294 e. The van der Waals surface area contributed by atoms with Gasteiger partial charge in [0.2, 0.25) is 11.8 Å². The summed E-state index contributed by atoms with van der Waals surface area (Å²) in [6.07, 6.45) is 1.92. The number of rotatable bonds is 4. The molecule has 2 amide bonds. The minimum atomic E-state index is -0.196. The first-order valence-electron chi connectivity index (χ1n) is 6.26. The molecule has 0 bridgehead atoms. The van der Waals surface area contributed by atoms with Gasteiger partial charge in [-0.1, -0.05) is 30.3 Å². The number of carbonyl (C=O) groups excluding carboxylic acids is 2. The van der Waals surface area contributed by atoms with Crippen molar-refractivity contribution in [2.45, 2.75) is 25.8 Å². The third kappa shape index (κ3) is 3.40. The second-order valence-corrected chi connectivity index (χ2v) is 4.75. The number of piperazine rings is 1. The lowest BCUT2D eigenvalue weighted by Gasteiger charge is -2.30. The van der Waals surface area contributed by atoms with Gasteiger partial charge in [0.15, 0.2) is 0 Å². The van der Waals surface area contributed by atoms with Crippen LogP contribution in [-0.2, 0) is 16.0 Å². The summed E-state index contributed by atoms with van der Waals surface area (Å²) in [4.78, 5) is 24.5. The highest BCUT2D eigenvalue weighted by Crippen LogP contribution is 2.10. The molecular formula is C14H18N2O2. The van der Waals surface area contributed by atoms with E-state index in [1.807, 2.05) is 23.1 Å². The zero-order chi connectivity index (χ0) is 13.0. The SMILES string of the molecule is CC(CCc1ccccc1)N1CC(=O)NC(=O)C1. The van der Waals surface area contributed by atoms with Crippen LogP contribution >= 0.6 is 0 Å². The first kappa shape index (κ1) is 12.8. The fourth-order valence-electron chi connectivity index (χ4n) is 2.17. The van der Waals surface area contributed by atoms with E-state index in [1.54, 1.807) is 0 Å². The Morgan fingerprint density at radius 2 is 1.78 bits per heavy atom. The van der Waals surface area contributed by atoms with E-state index in [4.69, 9.17) is 0 Å². The lowest BCUT2D eigenvalue weighted by atomic mass is 10.0. The second kappa shape index (κ2) is 5.78. The predicted octanol–water partition coefficient (Wildman–Crippen LogP) is 0.966. The number of nitrogens with zero attached hydrogens (tertiary/aromatic N) is 1. The summed E-state index contributed by atoms with van der Waals surface area (Å²) in [5.74, 6) is -0.393. The molecule has 1 N–H and O–H groups in total. The van der Waals surface area contributed by atoms with Gasteiger partial charge < -0.3 is 0 Å². The molecule has 18 heavy (non-hydrogen) atoms. The molecular weight excluding hydrogens is 228 g/mol. The monoisotopic (exact) mass is 246 g/mol. The van der Waals surface area contributed by atoms with Crippen LogP contribution in [0.5, 0.6) is 0 Å².